The molecule has 0 aromatic heterocycles. The second-order valence-electron chi connectivity index (χ2n) is 6.33. The molecule has 1 atom stereocenters. The SMILES string of the molecule is CC(C)(C)OCC(=O)N1CCC(N2CCOCC2)C1. The van der Waals surface area contributed by atoms with Crippen molar-refractivity contribution in [1.29, 1.82) is 0 Å². The van der Waals surface area contributed by atoms with Crippen LogP contribution in [0.3, 0.4) is 0 Å². The van der Waals surface area contributed by atoms with Gasteiger partial charge in [-0.25, -0.2) is 0 Å². The zero-order chi connectivity index (χ0) is 13.9. The average molecular weight is 270 g/mol. The maximum atomic E-state index is 12.1. The molecule has 0 saturated carbocycles. The monoisotopic (exact) mass is 270 g/mol. The summed E-state index contributed by atoms with van der Waals surface area (Å²) in [6.07, 6.45) is 1.07. The van der Waals surface area contributed by atoms with E-state index < -0.39 is 0 Å². The number of carbonyl (C=O) groups is 1. The van der Waals surface area contributed by atoms with Crippen molar-refractivity contribution in [3.63, 3.8) is 0 Å². The van der Waals surface area contributed by atoms with E-state index in [2.05, 4.69) is 4.90 Å². The molecule has 0 N–H and O–H groups in total. The van der Waals surface area contributed by atoms with Gasteiger partial charge >= 0.3 is 0 Å². The number of ether oxygens (including phenoxy) is 2. The van der Waals surface area contributed by atoms with Crippen LogP contribution in [0.1, 0.15) is 27.2 Å². The van der Waals surface area contributed by atoms with E-state index >= 15 is 0 Å². The van der Waals surface area contributed by atoms with Crippen LogP contribution in [0.4, 0.5) is 0 Å². The molecule has 0 aliphatic carbocycles. The summed E-state index contributed by atoms with van der Waals surface area (Å²) in [7, 11) is 0. The molecule has 0 aromatic rings. The summed E-state index contributed by atoms with van der Waals surface area (Å²) in [5.41, 5.74) is -0.251. The third-order valence-electron chi connectivity index (χ3n) is 3.71. The van der Waals surface area contributed by atoms with Crippen LogP contribution in [0.15, 0.2) is 0 Å². The Morgan fingerprint density at radius 3 is 2.58 bits per heavy atom. The van der Waals surface area contributed by atoms with Gasteiger partial charge in [-0.2, -0.15) is 0 Å². The van der Waals surface area contributed by atoms with E-state index in [-0.39, 0.29) is 18.1 Å². The standard InChI is InChI=1S/C14H26N2O3/c1-14(2,3)19-11-13(17)16-5-4-12(10-16)15-6-8-18-9-7-15/h12H,4-11H2,1-3H3. The molecule has 2 heterocycles. The molecule has 1 amide bonds. The Labute approximate surface area is 115 Å². The molecule has 19 heavy (non-hydrogen) atoms. The second kappa shape index (κ2) is 6.20. The lowest BCUT2D eigenvalue weighted by Gasteiger charge is -2.32. The fourth-order valence-electron chi connectivity index (χ4n) is 2.58. The maximum Gasteiger partial charge on any atom is 0.248 e. The molecule has 0 bridgehead atoms. The number of hydrogen-bond donors (Lipinski definition) is 0. The Kier molecular flexibility index (Phi) is 4.81. The molecule has 0 aromatic carbocycles. The van der Waals surface area contributed by atoms with Crippen LogP contribution in [0.5, 0.6) is 0 Å². The quantitative estimate of drug-likeness (QED) is 0.758. The summed E-state index contributed by atoms with van der Waals surface area (Å²) in [4.78, 5) is 16.5. The van der Waals surface area contributed by atoms with Crippen molar-refractivity contribution in [3.05, 3.63) is 0 Å². The first-order valence-corrected chi connectivity index (χ1v) is 7.19. The molecule has 2 aliphatic rings. The molecule has 2 aliphatic heterocycles. The number of likely N-dealkylation sites (tertiary alicyclic amines) is 1. The topological polar surface area (TPSA) is 42.0 Å². The van der Waals surface area contributed by atoms with Gasteiger partial charge in [-0.15, -0.1) is 0 Å². The van der Waals surface area contributed by atoms with Crippen molar-refractivity contribution in [3.8, 4) is 0 Å². The van der Waals surface area contributed by atoms with Crippen LogP contribution < -0.4 is 0 Å². The predicted octanol–water partition coefficient (Wildman–Crippen LogP) is 0.735. The number of hydrogen-bond acceptors (Lipinski definition) is 4. The number of nitrogens with zero attached hydrogens (tertiary/aromatic N) is 2. The lowest BCUT2D eigenvalue weighted by molar-refractivity contribution is -0.140. The van der Waals surface area contributed by atoms with Crippen LogP contribution in [-0.2, 0) is 14.3 Å². The van der Waals surface area contributed by atoms with Crippen LogP contribution in [0.2, 0.25) is 0 Å². The van der Waals surface area contributed by atoms with Gasteiger partial charge in [-0.3, -0.25) is 9.69 Å². The van der Waals surface area contributed by atoms with Crippen molar-refractivity contribution < 1.29 is 14.3 Å². The Bertz CT molecular complexity index is 308. The van der Waals surface area contributed by atoms with E-state index in [9.17, 15) is 4.79 Å². The summed E-state index contributed by atoms with van der Waals surface area (Å²) in [5.74, 6) is 0.116. The molecule has 1 unspecified atom stereocenters. The number of carbonyl (C=O) groups excluding carboxylic acids is 1. The van der Waals surface area contributed by atoms with Crippen molar-refractivity contribution in [2.24, 2.45) is 0 Å². The fraction of sp³-hybridized carbons (Fsp3) is 0.929. The highest BCUT2D eigenvalue weighted by atomic mass is 16.5. The van der Waals surface area contributed by atoms with Gasteiger partial charge in [0, 0.05) is 32.2 Å². The van der Waals surface area contributed by atoms with Gasteiger partial charge in [0.25, 0.3) is 0 Å². The lowest BCUT2D eigenvalue weighted by Crippen LogP contribution is -2.45. The van der Waals surface area contributed by atoms with Gasteiger partial charge in [0.05, 0.1) is 18.8 Å². The number of rotatable bonds is 3. The van der Waals surface area contributed by atoms with Crippen LogP contribution in [0.25, 0.3) is 0 Å². The minimum absolute atomic E-state index is 0.116. The summed E-state index contributed by atoms with van der Waals surface area (Å²) < 4.78 is 10.9. The Morgan fingerprint density at radius 1 is 1.26 bits per heavy atom. The van der Waals surface area contributed by atoms with Gasteiger partial charge in [0.15, 0.2) is 0 Å². The number of morpholine rings is 1. The normalized spacial score (nSPS) is 25.8. The first-order valence-electron chi connectivity index (χ1n) is 7.19. The zero-order valence-corrected chi connectivity index (χ0v) is 12.4. The van der Waals surface area contributed by atoms with Crippen molar-refractivity contribution >= 4 is 5.91 Å². The Morgan fingerprint density at radius 2 is 1.95 bits per heavy atom. The van der Waals surface area contributed by atoms with E-state index in [4.69, 9.17) is 9.47 Å². The van der Waals surface area contributed by atoms with Gasteiger partial charge in [-0.05, 0) is 27.2 Å². The molecule has 0 radical (unpaired) electrons. The van der Waals surface area contributed by atoms with Crippen molar-refractivity contribution in [2.45, 2.75) is 38.8 Å². The largest absolute Gasteiger partial charge is 0.379 e. The smallest absolute Gasteiger partial charge is 0.248 e. The summed E-state index contributed by atoms with van der Waals surface area (Å²) in [6, 6.07) is 0.502. The molecule has 5 heteroatoms. The first-order chi connectivity index (χ1) is 8.96. The van der Waals surface area contributed by atoms with E-state index in [0.717, 1.165) is 45.8 Å². The molecular formula is C14H26N2O3. The minimum Gasteiger partial charge on any atom is -0.379 e. The number of amides is 1. The van der Waals surface area contributed by atoms with Gasteiger partial charge < -0.3 is 14.4 Å². The van der Waals surface area contributed by atoms with Crippen LogP contribution in [0, 0.1) is 0 Å². The van der Waals surface area contributed by atoms with E-state index in [1.54, 1.807) is 0 Å². The predicted molar refractivity (Wildman–Crippen MR) is 73.1 cm³/mol. The van der Waals surface area contributed by atoms with Crippen molar-refractivity contribution in [1.82, 2.24) is 9.80 Å². The van der Waals surface area contributed by atoms with E-state index in [0.29, 0.717) is 6.04 Å². The Balaban J connectivity index is 1.76. The molecule has 110 valence electrons. The first kappa shape index (κ1) is 14.8. The maximum absolute atomic E-state index is 12.1. The molecular weight excluding hydrogens is 244 g/mol. The van der Waals surface area contributed by atoms with E-state index in [1.807, 2.05) is 25.7 Å². The fourth-order valence-corrected chi connectivity index (χ4v) is 2.58. The highest BCUT2D eigenvalue weighted by molar-refractivity contribution is 5.77. The molecule has 2 fully saturated rings. The lowest BCUT2D eigenvalue weighted by atomic mass is 10.2. The van der Waals surface area contributed by atoms with Gasteiger partial charge in [-0.1, -0.05) is 0 Å². The van der Waals surface area contributed by atoms with Gasteiger partial charge in [0.1, 0.15) is 6.61 Å². The molecule has 2 saturated heterocycles. The third-order valence-corrected chi connectivity index (χ3v) is 3.71. The van der Waals surface area contributed by atoms with E-state index in [1.165, 1.54) is 0 Å². The highest BCUT2D eigenvalue weighted by Gasteiger charge is 2.31. The summed E-state index contributed by atoms with van der Waals surface area (Å²) in [6.45, 7) is 11.4. The zero-order valence-electron chi connectivity index (χ0n) is 12.4. The molecule has 2 rings (SSSR count). The second-order valence-corrected chi connectivity index (χ2v) is 6.33. The van der Waals surface area contributed by atoms with Crippen molar-refractivity contribution in [2.75, 3.05) is 46.0 Å². The van der Waals surface area contributed by atoms with Crippen LogP contribution >= 0.6 is 0 Å². The molecule has 0 spiro atoms. The Hall–Kier alpha value is -0.650. The molecule has 5 nitrogen and oxygen atoms in total. The third kappa shape index (κ3) is 4.44. The minimum atomic E-state index is -0.251. The average Bonchev–Trinajstić information content (AvgIpc) is 2.86. The highest BCUT2D eigenvalue weighted by Crippen LogP contribution is 2.17. The summed E-state index contributed by atoms with van der Waals surface area (Å²) >= 11 is 0. The van der Waals surface area contributed by atoms with Gasteiger partial charge in [0.2, 0.25) is 5.91 Å². The van der Waals surface area contributed by atoms with Crippen LogP contribution in [-0.4, -0.2) is 73.3 Å². The summed E-state index contributed by atoms with van der Waals surface area (Å²) in [5, 5.41) is 0.